The van der Waals surface area contributed by atoms with Crippen molar-refractivity contribution in [3.8, 4) is 22.4 Å². The van der Waals surface area contributed by atoms with Crippen molar-refractivity contribution in [2.75, 3.05) is 0 Å². The van der Waals surface area contributed by atoms with E-state index < -0.39 is 0 Å². The van der Waals surface area contributed by atoms with E-state index in [1.54, 1.807) is 0 Å². The zero-order valence-corrected chi connectivity index (χ0v) is 20.5. The quantitative estimate of drug-likeness (QED) is 0.305. The van der Waals surface area contributed by atoms with Gasteiger partial charge in [0.1, 0.15) is 5.82 Å². The Morgan fingerprint density at radius 3 is 2.31 bits per heavy atom. The van der Waals surface area contributed by atoms with Gasteiger partial charge in [-0.05, 0) is 55.4 Å². The zero-order chi connectivity index (χ0) is 24.1. The van der Waals surface area contributed by atoms with Crippen LogP contribution in [0, 0.1) is 0 Å². The molecule has 0 aliphatic heterocycles. The van der Waals surface area contributed by atoms with Gasteiger partial charge in [0.2, 0.25) is 0 Å². The first kappa shape index (κ1) is 21.7. The summed E-state index contributed by atoms with van der Waals surface area (Å²) >= 11 is 0. The number of aromatic nitrogens is 4. The minimum absolute atomic E-state index is 0.160. The standard InChI is InChI=1S/C31H31N5/c32-31(17-7-18-31)24-14-12-22(13-15-24)28-25(21-8-3-1-4-9-21)20-26-27(33-28)16-19-36-29(34-35-30(26)36)23-10-5-2-6-11-23/h1,3-4,8-9,12-16,19-20,23H,2,5-7,10-11,17-18,32H2. The number of nitrogens with two attached hydrogens (primary N) is 1. The molecule has 0 amide bonds. The largest absolute Gasteiger partial charge is 0.321 e. The van der Waals surface area contributed by atoms with Crippen LogP contribution < -0.4 is 5.73 Å². The van der Waals surface area contributed by atoms with Gasteiger partial charge in [-0.3, -0.25) is 4.40 Å². The van der Waals surface area contributed by atoms with E-state index in [0.29, 0.717) is 5.92 Å². The summed E-state index contributed by atoms with van der Waals surface area (Å²) in [6.45, 7) is 0. The first-order valence-corrected chi connectivity index (χ1v) is 13.3. The zero-order valence-electron chi connectivity index (χ0n) is 20.5. The molecule has 0 saturated heterocycles. The third-order valence-electron chi connectivity index (χ3n) is 8.43. The number of fused-ring (bicyclic) bond motifs is 3. The molecule has 0 bridgehead atoms. The van der Waals surface area contributed by atoms with Gasteiger partial charge in [0, 0.05) is 34.2 Å². The summed E-state index contributed by atoms with van der Waals surface area (Å²) in [5.74, 6) is 1.59. The number of hydrogen-bond donors (Lipinski definition) is 1. The highest BCUT2D eigenvalue weighted by atomic mass is 15.2. The van der Waals surface area contributed by atoms with Gasteiger partial charge in [0.05, 0.1) is 11.2 Å². The Kier molecular flexibility index (Phi) is 5.14. The van der Waals surface area contributed by atoms with E-state index in [0.717, 1.165) is 57.6 Å². The van der Waals surface area contributed by atoms with Gasteiger partial charge in [0.25, 0.3) is 0 Å². The van der Waals surface area contributed by atoms with Gasteiger partial charge in [-0.2, -0.15) is 0 Å². The van der Waals surface area contributed by atoms with Crippen LogP contribution in [0.1, 0.15) is 68.7 Å². The summed E-state index contributed by atoms with van der Waals surface area (Å²) in [5.41, 5.74) is 13.8. The number of rotatable bonds is 4. The third kappa shape index (κ3) is 3.53. The molecule has 3 heterocycles. The molecular weight excluding hydrogens is 442 g/mol. The lowest BCUT2D eigenvalue weighted by Crippen LogP contribution is -2.43. The Hall–Kier alpha value is -3.57. The summed E-state index contributed by atoms with van der Waals surface area (Å²) in [5, 5.41) is 10.4. The van der Waals surface area contributed by atoms with E-state index in [1.165, 1.54) is 44.1 Å². The molecule has 5 nitrogen and oxygen atoms in total. The molecule has 7 rings (SSSR count). The van der Waals surface area contributed by atoms with Gasteiger partial charge in [-0.15, -0.1) is 10.2 Å². The second-order valence-corrected chi connectivity index (χ2v) is 10.7. The average Bonchev–Trinajstić information content (AvgIpc) is 3.37. The minimum atomic E-state index is -0.160. The van der Waals surface area contributed by atoms with Crippen LogP contribution in [0.5, 0.6) is 0 Å². The fraction of sp³-hybridized carbons (Fsp3) is 0.323. The molecule has 2 N–H and O–H groups in total. The summed E-state index contributed by atoms with van der Waals surface area (Å²) in [7, 11) is 0. The van der Waals surface area contributed by atoms with E-state index in [1.807, 2.05) is 0 Å². The molecule has 36 heavy (non-hydrogen) atoms. The lowest BCUT2D eigenvalue weighted by atomic mass is 9.72. The van der Waals surface area contributed by atoms with Gasteiger partial charge in [-0.25, -0.2) is 4.98 Å². The van der Waals surface area contributed by atoms with Crippen LogP contribution in [-0.2, 0) is 5.54 Å². The van der Waals surface area contributed by atoms with Crippen molar-refractivity contribution in [3.05, 3.63) is 84.3 Å². The molecule has 2 aliphatic rings. The molecular formula is C31H31N5. The minimum Gasteiger partial charge on any atom is -0.321 e. The van der Waals surface area contributed by atoms with E-state index in [2.05, 4.69) is 87.5 Å². The van der Waals surface area contributed by atoms with Crippen molar-refractivity contribution in [1.82, 2.24) is 19.6 Å². The van der Waals surface area contributed by atoms with Crippen LogP contribution in [0.3, 0.4) is 0 Å². The van der Waals surface area contributed by atoms with Crippen LogP contribution >= 0.6 is 0 Å². The Bertz CT molecular complexity index is 1540. The molecule has 0 atom stereocenters. The van der Waals surface area contributed by atoms with Crippen LogP contribution in [0.4, 0.5) is 0 Å². The topological polar surface area (TPSA) is 69.1 Å². The summed E-state index contributed by atoms with van der Waals surface area (Å²) in [6.07, 6.45) is 11.7. The van der Waals surface area contributed by atoms with E-state index in [4.69, 9.17) is 10.7 Å². The Balaban J connectivity index is 1.39. The number of hydrogen-bond acceptors (Lipinski definition) is 4. The normalized spacial score (nSPS) is 17.9. The summed E-state index contributed by atoms with van der Waals surface area (Å²) < 4.78 is 2.20. The van der Waals surface area contributed by atoms with Crippen LogP contribution in [0.2, 0.25) is 0 Å². The molecule has 0 unspecified atom stereocenters. The summed E-state index contributed by atoms with van der Waals surface area (Å²) in [6, 6.07) is 23.6. The highest BCUT2D eigenvalue weighted by Crippen LogP contribution is 2.40. The molecule has 180 valence electrons. The first-order valence-electron chi connectivity index (χ1n) is 13.3. The fourth-order valence-electron chi connectivity index (χ4n) is 6.12. The van der Waals surface area contributed by atoms with Crippen molar-refractivity contribution >= 4 is 16.6 Å². The molecule has 3 aromatic heterocycles. The Morgan fingerprint density at radius 1 is 0.806 bits per heavy atom. The van der Waals surface area contributed by atoms with Gasteiger partial charge in [-0.1, -0.05) is 73.9 Å². The van der Waals surface area contributed by atoms with E-state index >= 15 is 0 Å². The van der Waals surface area contributed by atoms with Crippen molar-refractivity contribution in [1.29, 1.82) is 0 Å². The maximum Gasteiger partial charge on any atom is 0.170 e. The Morgan fingerprint density at radius 2 is 1.58 bits per heavy atom. The molecule has 0 radical (unpaired) electrons. The van der Waals surface area contributed by atoms with Crippen LogP contribution in [0.15, 0.2) is 72.9 Å². The number of benzene rings is 2. The number of nitrogens with zero attached hydrogens (tertiary/aromatic N) is 4. The van der Waals surface area contributed by atoms with Crippen molar-refractivity contribution in [2.45, 2.75) is 62.8 Å². The van der Waals surface area contributed by atoms with Crippen molar-refractivity contribution in [3.63, 3.8) is 0 Å². The predicted molar refractivity (Wildman–Crippen MR) is 145 cm³/mol. The molecule has 0 spiro atoms. The second-order valence-electron chi connectivity index (χ2n) is 10.7. The predicted octanol–water partition coefficient (Wildman–Crippen LogP) is 7.00. The lowest BCUT2D eigenvalue weighted by Gasteiger charge is -2.38. The van der Waals surface area contributed by atoms with Crippen LogP contribution in [0.25, 0.3) is 38.9 Å². The monoisotopic (exact) mass is 473 g/mol. The fourth-order valence-corrected chi connectivity index (χ4v) is 6.12. The van der Waals surface area contributed by atoms with Gasteiger partial charge >= 0.3 is 0 Å². The highest BCUT2D eigenvalue weighted by molar-refractivity contribution is 5.98. The first-order chi connectivity index (χ1) is 17.7. The van der Waals surface area contributed by atoms with Crippen molar-refractivity contribution in [2.24, 2.45) is 5.73 Å². The molecule has 2 fully saturated rings. The SMILES string of the molecule is NC1(c2ccc(-c3nc4ccn5c(C6CCCCC6)nnc5c4cc3-c3ccccc3)cc2)CCC1. The molecule has 2 aliphatic carbocycles. The molecule has 2 aromatic carbocycles. The highest BCUT2D eigenvalue weighted by Gasteiger charge is 2.34. The molecule has 2 saturated carbocycles. The maximum atomic E-state index is 6.59. The number of pyridine rings is 2. The van der Waals surface area contributed by atoms with E-state index in [9.17, 15) is 0 Å². The smallest absolute Gasteiger partial charge is 0.170 e. The Labute approximate surface area is 211 Å². The third-order valence-corrected chi connectivity index (χ3v) is 8.43. The van der Waals surface area contributed by atoms with E-state index in [-0.39, 0.29) is 5.54 Å². The summed E-state index contributed by atoms with van der Waals surface area (Å²) in [4.78, 5) is 5.21. The van der Waals surface area contributed by atoms with Gasteiger partial charge < -0.3 is 5.73 Å². The van der Waals surface area contributed by atoms with Crippen molar-refractivity contribution < 1.29 is 0 Å². The maximum absolute atomic E-state index is 6.59. The molecule has 5 aromatic rings. The average molecular weight is 474 g/mol. The second kappa shape index (κ2) is 8.52. The molecule has 5 heteroatoms. The van der Waals surface area contributed by atoms with Crippen LogP contribution in [-0.4, -0.2) is 19.6 Å². The lowest BCUT2D eigenvalue weighted by molar-refractivity contribution is 0.253. The van der Waals surface area contributed by atoms with Gasteiger partial charge in [0.15, 0.2) is 5.65 Å².